The van der Waals surface area contributed by atoms with Crippen molar-refractivity contribution in [3.8, 4) is 0 Å². The molecule has 1 saturated heterocycles. The van der Waals surface area contributed by atoms with Gasteiger partial charge in [-0.2, -0.15) is 0 Å². The van der Waals surface area contributed by atoms with Crippen molar-refractivity contribution in [1.82, 2.24) is 15.5 Å². The van der Waals surface area contributed by atoms with E-state index >= 15 is 0 Å². The summed E-state index contributed by atoms with van der Waals surface area (Å²) in [5.41, 5.74) is 1.28. The Morgan fingerprint density at radius 3 is 2.45 bits per heavy atom. The summed E-state index contributed by atoms with van der Waals surface area (Å²) < 4.78 is 0. The summed E-state index contributed by atoms with van der Waals surface area (Å²) >= 11 is 0. The van der Waals surface area contributed by atoms with Crippen LogP contribution in [0.15, 0.2) is 30.3 Å². The third kappa shape index (κ3) is 7.66. The maximum absolute atomic E-state index is 12.5. The first-order chi connectivity index (χ1) is 13.7. The van der Waals surface area contributed by atoms with Gasteiger partial charge in [0.1, 0.15) is 0 Å². The van der Waals surface area contributed by atoms with E-state index in [4.69, 9.17) is 5.11 Å². The van der Waals surface area contributed by atoms with Gasteiger partial charge in [0.2, 0.25) is 0 Å². The van der Waals surface area contributed by atoms with Gasteiger partial charge in [-0.15, -0.1) is 0 Å². The van der Waals surface area contributed by atoms with Crippen molar-refractivity contribution in [3.63, 3.8) is 0 Å². The van der Waals surface area contributed by atoms with Gasteiger partial charge in [-0.3, -0.25) is 4.79 Å². The molecule has 162 valence electrons. The van der Waals surface area contributed by atoms with Crippen LogP contribution in [0.1, 0.15) is 58.1 Å². The molecule has 2 amide bonds. The van der Waals surface area contributed by atoms with Crippen molar-refractivity contribution in [1.29, 1.82) is 0 Å². The number of nitrogens with one attached hydrogen (secondary N) is 2. The van der Waals surface area contributed by atoms with Gasteiger partial charge in [-0.1, -0.05) is 50.6 Å². The smallest absolute Gasteiger partial charge is 0.404 e. The molecule has 1 aliphatic rings. The Hall–Kier alpha value is -2.12. The minimum atomic E-state index is -1.43. The average molecular weight is 406 g/mol. The summed E-state index contributed by atoms with van der Waals surface area (Å²) in [4.78, 5) is 26.0. The molecule has 1 aliphatic heterocycles. The van der Waals surface area contributed by atoms with E-state index in [0.29, 0.717) is 11.8 Å². The summed E-state index contributed by atoms with van der Waals surface area (Å²) in [6.45, 7) is 9.49. The van der Waals surface area contributed by atoms with Gasteiger partial charge in [0, 0.05) is 6.54 Å². The first-order valence-corrected chi connectivity index (χ1v) is 10.4. The van der Waals surface area contributed by atoms with E-state index in [1.807, 2.05) is 37.3 Å². The normalized spacial score (nSPS) is 19.3. The van der Waals surface area contributed by atoms with Crippen molar-refractivity contribution < 1.29 is 19.8 Å². The monoisotopic (exact) mass is 405 g/mol. The number of aliphatic hydroxyl groups excluding tert-OH is 1. The van der Waals surface area contributed by atoms with Gasteiger partial charge in [-0.25, -0.2) is 4.79 Å². The third-order valence-electron chi connectivity index (χ3n) is 5.61. The largest absolute Gasteiger partial charge is 0.465 e. The predicted octanol–water partition coefficient (Wildman–Crippen LogP) is 2.76. The predicted molar refractivity (Wildman–Crippen MR) is 113 cm³/mol. The SMILES string of the molecule is C[C@@H](NC(=O)C(O)[C@H](CCCCN1CCC(C)(C)C1)NC(=O)O)c1ccccc1. The van der Waals surface area contributed by atoms with E-state index in [-0.39, 0.29) is 6.04 Å². The fourth-order valence-corrected chi connectivity index (χ4v) is 3.89. The van der Waals surface area contributed by atoms with Crippen LogP contribution in [0.5, 0.6) is 0 Å². The minimum absolute atomic E-state index is 0.276. The number of aliphatic hydroxyl groups is 1. The third-order valence-corrected chi connectivity index (χ3v) is 5.61. The molecule has 3 atom stereocenters. The van der Waals surface area contributed by atoms with Crippen LogP contribution in [0.25, 0.3) is 0 Å². The number of benzene rings is 1. The van der Waals surface area contributed by atoms with Crippen molar-refractivity contribution >= 4 is 12.0 Å². The van der Waals surface area contributed by atoms with Gasteiger partial charge in [0.25, 0.3) is 5.91 Å². The van der Waals surface area contributed by atoms with Crippen molar-refractivity contribution in [2.75, 3.05) is 19.6 Å². The molecule has 0 saturated carbocycles. The molecule has 1 aromatic rings. The Morgan fingerprint density at radius 2 is 1.86 bits per heavy atom. The van der Waals surface area contributed by atoms with Crippen LogP contribution < -0.4 is 10.6 Å². The zero-order valence-corrected chi connectivity index (χ0v) is 17.7. The fraction of sp³-hybridized carbons (Fsp3) is 0.636. The van der Waals surface area contributed by atoms with Gasteiger partial charge < -0.3 is 25.7 Å². The van der Waals surface area contributed by atoms with Crippen LogP contribution >= 0.6 is 0 Å². The molecule has 0 radical (unpaired) electrons. The maximum Gasteiger partial charge on any atom is 0.404 e. The Bertz CT molecular complexity index is 665. The maximum atomic E-state index is 12.5. The quantitative estimate of drug-likeness (QED) is 0.448. The van der Waals surface area contributed by atoms with E-state index in [1.54, 1.807) is 0 Å². The van der Waals surface area contributed by atoms with Crippen LogP contribution in [0.3, 0.4) is 0 Å². The second-order valence-electron chi connectivity index (χ2n) is 8.83. The number of nitrogens with zero attached hydrogens (tertiary/aromatic N) is 1. The van der Waals surface area contributed by atoms with Crippen molar-refractivity contribution in [2.24, 2.45) is 5.41 Å². The lowest BCUT2D eigenvalue weighted by atomic mass is 9.93. The molecule has 29 heavy (non-hydrogen) atoms. The molecule has 0 spiro atoms. The lowest BCUT2D eigenvalue weighted by Gasteiger charge is -2.25. The highest BCUT2D eigenvalue weighted by Gasteiger charge is 2.30. The number of hydrogen-bond acceptors (Lipinski definition) is 4. The summed E-state index contributed by atoms with van der Waals surface area (Å²) in [7, 11) is 0. The highest BCUT2D eigenvalue weighted by molar-refractivity contribution is 5.82. The van der Waals surface area contributed by atoms with Gasteiger partial charge in [-0.05, 0) is 50.3 Å². The molecule has 2 rings (SSSR count). The summed E-state index contributed by atoms with van der Waals surface area (Å²) in [5.74, 6) is -0.568. The topological polar surface area (TPSA) is 102 Å². The summed E-state index contributed by atoms with van der Waals surface area (Å²) in [5, 5.41) is 24.6. The Morgan fingerprint density at radius 1 is 1.17 bits per heavy atom. The lowest BCUT2D eigenvalue weighted by molar-refractivity contribution is -0.131. The number of hydrogen-bond donors (Lipinski definition) is 4. The van der Waals surface area contributed by atoms with E-state index in [9.17, 15) is 14.7 Å². The highest BCUT2D eigenvalue weighted by atomic mass is 16.4. The average Bonchev–Trinajstić information content (AvgIpc) is 3.02. The number of carbonyl (C=O) groups is 2. The van der Waals surface area contributed by atoms with E-state index in [2.05, 4.69) is 29.4 Å². The van der Waals surface area contributed by atoms with E-state index < -0.39 is 24.1 Å². The molecule has 1 heterocycles. The second-order valence-corrected chi connectivity index (χ2v) is 8.83. The van der Waals surface area contributed by atoms with Crippen LogP contribution in [-0.4, -0.2) is 58.9 Å². The zero-order valence-electron chi connectivity index (χ0n) is 17.7. The Labute approximate surface area is 173 Å². The van der Waals surface area contributed by atoms with Gasteiger partial charge >= 0.3 is 6.09 Å². The molecule has 0 aliphatic carbocycles. The number of likely N-dealkylation sites (tertiary alicyclic amines) is 1. The first kappa shape index (κ1) is 23.2. The number of carboxylic acid groups (broad SMARTS) is 1. The van der Waals surface area contributed by atoms with Gasteiger partial charge in [0.15, 0.2) is 6.10 Å². The molecule has 0 aromatic heterocycles. The Balaban J connectivity index is 1.82. The minimum Gasteiger partial charge on any atom is -0.465 e. The number of carbonyl (C=O) groups excluding carboxylic acids is 1. The molecule has 0 bridgehead atoms. The van der Waals surface area contributed by atoms with Crippen LogP contribution in [-0.2, 0) is 4.79 Å². The molecule has 1 fully saturated rings. The Kier molecular flexibility index (Phi) is 8.46. The second kappa shape index (κ2) is 10.6. The molecule has 4 N–H and O–H groups in total. The number of amides is 2. The molecule has 1 aromatic carbocycles. The molecular weight excluding hydrogens is 370 g/mol. The number of rotatable bonds is 10. The van der Waals surface area contributed by atoms with E-state index in [1.165, 1.54) is 6.42 Å². The van der Waals surface area contributed by atoms with Crippen LogP contribution in [0.2, 0.25) is 0 Å². The zero-order chi connectivity index (χ0) is 21.4. The highest BCUT2D eigenvalue weighted by Crippen LogP contribution is 2.28. The first-order valence-electron chi connectivity index (χ1n) is 10.4. The standard InChI is InChI=1S/C22H35N3O4/c1-16(17-9-5-4-6-10-17)23-20(27)19(26)18(24-21(28)29)11-7-8-13-25-14-12-22(2,3)15-25/h4-6,9-10,16,18-19,24,26H,7-8,11-15H2,1-3H3,(H,23,27)(H,28,29)/t16-,18+,19?/m1/s1. The van der Waals surface area contributed by atoms with Crippen LogP contribution in [0.4, 0.5) is 4.79 Å². The van der Waals surface area contributed by atoms with Crippen molar-refractivity contribution in [2.45, 2.75) is 64.6 Å². The van der Waals surface area contributed by atoms with Crippen molar-refractivity contribution in [3.05, 3.63) is 35.9 Å². The summed E-state index contributed by atoms with van der Waals surface area (Å²) in [6.07, 6.45) is 0.581. The molecule has 1 unspecified atom stereocenters. The molecule has 7 heteroatoms. The molecule has 7 nitrogen and oxygen atoms in total. The summed E-state index contributed by atoms with van der Waals surface area (Å²) in [6, 6.07) is 8.33. The van der Waals surface area contributed by atoms with E-state index in [0.717, 1.165) is 38.0 Å². The lowest BCUT2D eigenvalue weighted by Crippen LogP contribution is -2.50. The number of unbranched alkanes of at least 4 members (excludes halogenated alkanes) is 1. The van der Waals surface area contributed by atoms with Gasteiger partial charge in [0.05, 0.1) is 12.1 Å². The molecular formula is C22H35N3O4. The van der Waals surface area contributed by atoms with Crippen LogP contribution in [0, 0.1) is 5.41 Å². The fourth-order valence-electron chi connectivity index (χ4n) is 3.89.